The molecule has 0 aromatic heterocycles. The van der Waals surface area contributed by atoms with Gasteiger partial charge in [-0.05, 0) is 31.6 Å². The number of ether oxygens (including phenoxy) is 3. The van der Waals surface area contributed by atoms with Gasteiger partial charge in [-0.15, -0.1) is 0 Å². The molecule has 4 N–H and O–H groups in total. The minimum atomic E-state index is -0.997. The van der Waals surface area contributed by atoms with Crippen LogP contribution in [0, 0.1) is 11.8 Å². The molecule has 32 heavy (non-hydrogen) atoms. The van der Waals surface area contributed by atoms with Crippen molar-refractivity contribution in [1.29, 1.82) is 0 Å². The number of aliphatic hydroxyl groups excluding tert-OH is 4. The fraction of sp³-hybridized carbons (Fsp3) is 0.875. The van der Waals surface area contributed by atoms with Crippen molar-refractivity contribution in [2.45, 2.75) is 84.5 Å². The molecule has 0 amide bonds. The first kappa shape index (κ1) is 31.0. The first-order chi connectivity index (χ1) is 15.1. The van der Waals surface area contributed by atoms with Crippen LogP contribution in [0.25, 0.3) is 0 Å². The molecule has 8 nitrogen and oxygen atoms in total. The lowest BCUT2D eigenvalue weighted by atomic mass is 9.94. The number of allylic oxidation sites excluding steroid dienone is 1. The van der Waals surface area contributed by atoms with Gasteiger partial charge in [0.1, 0.15) is 24.9 Å². The number of hydrogen-bond acceptors (Lipinski definition) is 8. The fourth-order valence-electron chi connectivity index (χ4n) is 3.07. The Hall–Kier alpha value is -1.03. The third-order valence-electron chi connectivity index (χ3n) is 4.98. The Bertz CT molecular complexity index is 494. The lowest BCUT2D eigenvalue weighted by Gasteiger charge is -2.15. The van der Waals surface area contributed by atoms with Crippen molar-refractivity contribution in [3.63, 3.8) is 0 Å². The van der Waals surface area contributed by atoms with E-state index in [1.807, 2.05) is 6.92 Å². The van der Waals surface area contributed by atoms with E-state index in [9.17, 15) is 15.0 Å². The van der Waals surface area contributed by atoms with Gasteiger partial charge >= 0.3 is 5.97 Å². The molecule has 0 aromatic rings. The topological polar surface area (TPSA) is 126 Å². The molecule has 0 heterocycles. The molecule has 8 heteroatoms. The summed E-state index contributed by atoms with van der Waals surface area (Å²) in [6, 6.07) is 0. The Morgan fingerprint density at radius 1 is 0.812 bits per heavy atom. The molecule has 190 valence electrons. The normalized spacial score (nSPS) is 16.1. The molecule has 0 radical (unpaired) electrons. The zero-order valence-electron chi connectivity index (χ0n) is 20.4. The maximum atomic E-state index is 11.9. The maximum Gasteiger partial charge on any atom is 0.330 e. The lowest BCUT2D eigenvalue weighted by Crippen LogP contribution is -2.29. The standard InChI is InChI=1S/C24H46O8/c1-18(2)7-5-8-19(3)9-6-10-20(4)11-24(29)32-17-23(28)16-31-15-22(27)14-30-13-21(26)12-25/h11,18-19,21-23,25-28H,5-10,12-17H2,1-4H3. The van der Waals surface area contributed by atoms with E-state index < -0.39 is 30.9 Å². The highest BCUT2D eigenvalue weighted by Crippen LogP contribution is 2.19. The average molecular weight is 463 g/mol. The minimum absolute atomic E-state index is 0.0665. The van der Waals surface area contributed by atoms with Crippen LogP contribution in [-0.2, 0) is 19.0 Å². The number of carbonyl (C=O) groups is 1. The summed E-state index contributed by atoms with van der Waals surface area (Å²) < 4.78 is 15.2. The number of esters is 1. The molecule has 0 rings (SSSR count). The summed E-state index contributed by atoms with van der Waals surface area (Å²) in [6.07, 6.45) is 5.39. The predicted molar refractivity (Wildman–Crippen MR) is 123 cm³/mol. The third-order valence-corrected chi connectivity index (χ3v) is 4.98. The molecule has 0 aromatic carbocycles. The van der Waals surface area contributed by atoms with Gasteiger partial charge in [0.05, 0.1) is 33.0 Å². The van der Waals surface area contributed by atoms with Gasteiger partial charge < -0.3 is 34.6 Å². The molecule has 0 spiro atoms. The molecule has 0 saturated carbocycles. The lowest BCUT2D eigenvalue weighted by molar-refractivity contribution is -0.142. The molecule has 0 fully saturated rings. The zero-order valence-corrected chi connectivity index (χ0v) is 20.4. The summed E-state index contributed by atoms with van der Waals surface area (Å²) >= 11 is 0. The summed E-state index contributed by atoms with van der Waals surface area (Å²) in [6.45, 7) is 7.77. The predicted octanol–water partition coefficient (Wildman–Crippen LogP) is 2.22. The van der Waals surface area contributed by atoms with Crippen LogP contribution in [0.3, 0.4) is 0 Å². The van der Waals surface area contributed by atoms with E-state index in [0.29, 0.717) is 5.92 Å². The highest BCUT2D eigenvalue weighted by atomic mass is 16.6. The van der Waals surface area contributed by atoms with Gasteiger partial charge in [0.15, 0.2) is 0 Å². The van der Waals surface area contributed by atoms with Crippen molar-refractivity contribution in [3.05, 3.63) is 11.6 Å². The zero-order chi connectivity index (χ0) is 24.4. The van der Waals surface area contributed by atoms with E-state index in [2.05, 4.69) is 20.8 Å². The number of rotatable bonds is 20. The summed E-state index contributed by atoms with van der Waals surface area (Å²) in [5.41, 5.74) is 0.963. The van der Waals surface area contributed by atoms with Crippen molar-refractivity contribution in [3.8, 4) is 0 Å². The Kier molecular flexibility index (Phi) is 18.8. The second-order valence-corrected chi connectivity index (χ2v) is 9.16. The highest BCUT2D eigenvalue weighted by molar-refractivity contribution is 5.82. The number of hydrogen-bond donors (Lipinski definition) is 4. The van der Waals surface area contributed by atoms with Crippen LogP contribution in [0.15, 0.2) is 11.6 Å². The summed E-state index contributed by atoms with van der Waals surface area (Å²) in [4.78, 5) is 11.9. The van der Waals surface area contributed by atoms with Crippen LogP contribution in [-0.4, -0.2) is 84.3 Å². The first-order valence-electron chi connectivity index (χ1n) is 11.8. The summed E-state index contributed by atoms with van der Waals surface area (Å²) in [5.74, 6) is 0.969. The number of aliphatic hydroxyl groups is 4. The summed E-state index contributed by atoms with van der Waals surface area (Å²) in [7, 11) is 0. The fourth-order valence-corrected chi connectivity index (χ4v) is 3.07. The van der Waals surface area contributed by atoms with Crippen molar-refractivity contribution in [1.82, 2.24) is 0 Å². The van der Waals surface area contributed by atoms with E-state index in [1.165, 1.54) is 25.3 Å². The molecular weight excluding hydrogens is 416 g/mol. The van der Waals surface area contributed by atoms with Crippen molar-refractivity contribution >= 4 is 5.97 Å². The van der Waals surface area contributed by atoms with Crippen molar-refractivity contribution < 1.29 is 39.4 Å². The quantitative estimate of drug-likeness (QED) is 0.160. The molecule has 0 aliphatic heterocycles. The van der Waals surface area contributed by atoms with E-state index in [0.717, 1.165) is 30.8 Å². The molecule has 0 saturated heterocycles. The van der Waals surface area contributed by atoms with Crippen LogP contribution in [0.4, 0.5) is 0 Å². The SMILES string of the molecule is CC(=CC(=O)OCC(O)COCC(O)COCC(O)CO)CCCC(C)CCCC(C)C. The largest absolute Gasteiger partial charge is 0.460 e. The smallest absolute Gasteiger partial charge is 0.330 e. The first-order valence-corrected chi connectivity index (χ1v) is 11.8. The minimum Gasteiger partial charge on any atom is -0.460 e. The van der Waals surface area contributed by atoms with E-state index in [-0.39, 0.29) is 33.0 Å². The molecule has 4 unspecified atom stereocenters. The van der Waals surface area contributed by atoms with E-state index in [4.69, 9.17) is 24.4 Å². The molecule has 4 atom stereocenters. The van der Waals surface area contributed by atoms with Gasteiger partial charge in [0.2, 0.25) is 0 Å². The Balaban J connectivity index is 3.86. The Morgan fingerprint density at radius 2 is 1.34 bits per heavy atom. The molecule has 0 aliphatic rings. The van der Waals surface area contributed by atoms with E-state index >= 15 is 0 Å². The second-order valence-electron chi connectivity index (χ2n) is 9.16. The highest BCUT2D eigenvalue weighted by Gasteiger charge is 2.11. The van der Waals surface area contributed by atoms with E-state index in [1.54, 1.807) is 0 Å². The third kappa shape index (κ3) is 19.6. The van der Waals surface area contributed by atoms with Crippen LogP contribution in [0.1, 0.15) is 66.2 Å². The van der Waals surface area contributed by atoms with Gasteiger partial charge in [-0.3, -0.25) is 0 Å². The van der Waals surface area contributed by atoms with Gasteiger partial charge in [0.25, 0.3) is 0 Å². The van der Waals surface area contributed by atoms with Gasteiger partial charge in [-0.1, -0.05) is 52.0 Å². The van der Waals surface area contributed by atoms with Crippen LogP contribution >= 0.6 is 0 Å². The van der Waals surface area contributed by atoms with Gasteiger partial charge in [-0.2, -0.15) is 0 Å². The molecule has 0 aliphatic carbocycles. The average Bonchev–Trinajstić information content (AvgIpc) is 2.71. The molecular formula is C24H46O8. The monoisotopic (exact) mass is 462 g/mol. The van der Waals surface area contributed by atoms with Crippen LogP contribution in [0.5, 0.6) is 0 Å². The van der Waals surface area contributed by atoms with Crippen LogP contribution < -0.4 is 0 Å². The van der Waals surface area contributed by atoms with Crippen molar-refractivity contribution in [2.75, 3.05) is 39.6 Å². The van der Waals surface area contributed by atoms with Crippen LogP contribution in [0.2, 0.25) is 0 Å². The Labute approximate surface area is 193 Å². The molecule has 0 bridgehead atoms. The maximum absolute atomic E-state index is 11.9. The summed E-state index contributed by atoms with van der Waals surface area (Å²) in [5, 5.41) is 37.3. The van der Waals surface area contributed by atoms with Crippen molar-refractivity contribution in [2.24, 2.45) is 11.8 Å². The second kappa shape index (κ2) is 19.4. The van der Waals surface area contributed by atoms with Gasteiger partial charge in [-0.25, -0.2) is 4.79 Å². The Morgan fingerprint density at radius 3 is 1.91 bits per heavy atom. The van der Waals surface area contributed by atoms with Gasteiger partial charge in [0, 0.05) is 6.08 Å². The number of carbonyl (C=O) groups excluding carboxylic acids is 1.